The lowest BCUT2D eigenvalue weighted by molar-refractivity contribution is -0.114. The predicted octanol–water partition coefficient (Wildman–Crippen LogP) is 0.514. The molecule has 0 saturated carbocycles. The van der Waals surface area contributed by atoms with Crippen molar-refractivity contribution >= 4 is 5.78 Å². The van der Waals surface area contributed by atoms with Crippen molar-refractivity contribution in [3.63, 3.8) is 0 Å². The lowest BCUT2D eigenvalue weighted by Crippen LogP contribution is -2.03. The molecule has 0 unspecified atom stereocenters. The highest BCUT2D eigenvalue weighted by molar-refractivity contribution is 5.93. The van der Waals surface area contributed by atoms with E-state index in [1.165, 1.54) is 0 Å². The van der Waals surface area contributed by atoms with E-state index in [1.807, 2.05) is 6.92 Å². The maximum absolute atomic E-state index is 10.6. The number of allylic oxidation sites excluding steroid dienone is 1. The van der Waals surface area contributed by atoms with E-state index >= 15 is 0 Å². The molecule has 1 N–H and O–H groups in total. The van der Waals surface area contributed by atoms with Crippen molar-refractivity contribution in [3.05, 3.63) is 11.6 Å². The fraction of sp³-hybridized carbons (Fsp3) is 0.571. The molecule has 1 atom stereocenters. The van der Waals surface area contributed by atoms with E-state index in [0.717, 1.165) is 5.57 Å². The van der Waals surface area contributed by atoms with Crippen LogP contribution in [0.1, 0.15) is 13.3 Å². The van der Waals surface area contributed by atoms with Gasteiger partial charge in [-0.2, -0.15) is 0 Å². The van der Waals surface area contributed by atoms with E-state index in [1.54, 1.807) is 6.08 Å². The fourth-order valence-electron chi connectivity index (χ4n) is 1.04. The fourth-order valence-corrected chi connectivity index (χ4v) is 1.04. The minimum absolute atomic E-state index is 0.105. The molecule has 1 aliphatic rings. The third kappa shape index (κ3) is 1.19. The quantitative estimate of drug-likeness (QED) is 0.556. The monoisotopic (exact) mass is 126 g/mol. The first-order valence-electron chi connectivity index (χ1n) is 3.06. The van der Waals surface area contributed by atoms with E-state index in [0.29, 0.717) is 6.42 Å². The maximum atomic E-state index is 10.6. The Balaban J connectivity index is 2.64. The highest BCUT2D eigenvalue weighted by Gasteiger charge is 2.19. The van der Waals surface area contributed by atoms with Gasteiger partial charge in [-0.15, -0.1) is 0 Å². The Morgan fingerprint density at radius 2 is 2.56 bits per heavy atom. The van der Waals surface area contributed by atoms with Crippen LogP contribution in [-0.4, -0.2) is 17.5 Å². The van der Waals surface area contributed by atoms with Crippen LogP contribution in [0.5, 0.6) is 0 Å². The van der Waals surface area contributed by atoms with Crippen LogP contribution >= 0.6 is 0 Å². The number of carbonyl (C=O) groups is 1. The summed E-state index contributed by atoms with van der Waals surface area (Å²) in [5, 5.41) is 8.66. The Bertz CT molecular complexity index is 158. The zero-order chi connectivity index (χ0) is 6.85. The second kappa shape index (κ2) is 2.31. The predicted molar refractivity (Wildman–Crippen MR) is 34.0 cm³/mol. The molecule has 0 saturated heterocycles. The Labute approximate surface area is 54.2 Å². The molecule has 0 fully saturated rings. The Hall–Kier alpha value is -0.630. The van der Waals surface area contributed by atoms with Crippen molar-refractivity contribution in [2.75, 3.05) is 6.61 Å². The molecule has 0 aromatic heterocycles. The zero-order valence-corrected chi connectivity index (χ0v) is 5.42. The lowest BCUT2D eigenvalue weighted by Gasteiger charge is -2.03. The number of aliphatic hydroxyl groups excluding tert-OH is 1. The van der Waals surface area contributed by atoms with Gasteiger partial charge in [0.2, 0.25) is 0 Å². The van der Waals surface area contributed by atoms with E-state index in [4.69, 9.17) is 5.11 Å². The van der Waals surface area contributed by atoms with Crippen molar-refractivity contribution in [2.24, 2.45) is 5.92 Å². The molecule has 0 amide bonds. The van der Waals surface area contributed by atoms with Crippen molar-refractivity contribution in [1.82, 2.24) is 0 Å². The molecule has 0 spiro atoms. The van der Waals surface area contributed by atoms with Crippen molar-refractivity contribution in [1.29, 1.82) is 0 Å². The van der Waals surface area contributed by atoms with Crippen LogP contribution in [0.4, 0.5) is 0 Å². The van der Waals surface area contributed by atoms with Crippen LogP contribution in [0.15, 0.2) is 11.6 Å². The molecule has 1 rings (SSSR count). The molecule has 2 nitrogen and oxygen atoms in total. The number of aliphatic hydroxyl groups is 1. The van der Waals surface area contributed by atoms with Crippen LogP contribution in [0.25, 0.3) is 0 Å². The van der Waals surface area contributed by atoms with Crippen LogP contribution in [0.3, 0.4) is 0 Å². The number of carbonyl (C=O) groups excluding carboxylic acids is 1. The van der Waals surface area contributed by atoms with Gasteiger partial charge in [-0.05, 0) is 13.0 Å². The van der Waals surface area contributed by atoms with E-state index in [9.17, 15) is 4.79 Å². The Kier molecular flexibility index (Phi) is 1.67. The average Bonchev–Trinajstić information content (AvgIpc) is 2.10. The maximum Gasteiger partial charge on any atom is 0.156 e. The number of hydrogen-bond acceptors (Lipinski definition) is 2. The third-order valence-electron chi connectivity index (χ3n) is 1.70. The van der Waals surface area contributed by atoms with Gasteiger partial charge in [-0.3, -0.25) is 4.79 Å². The summed E-state index contributed by atoms with van der Waals surface area (Å²) in [5.74, 6) is 0.254. The third-order valence-corrected chi connectivity index (χ3v) is 1.70. The first kappa shape index (κ1) is 6.49. The van der Waals surface area contributed by atoms with Gasteiger partial charge >= 0.3 is 0 Å². The molecule has 0 radical (unpaired) electrons. The molecule has 9 heavy (non-hydrogen) atoms. The van der Waals surface area contributed by atoms with Crippen molar-refractivity contribution < 1.29 is 9.90 Å². The minimum Gasteiger partial charge on any atom is -0.396 e. The molecule has 0 aromatic carbocycles. The lowest BCUT2D eigenvalue weighted by atomic mass is 10.1. The van der Waals surface area contributed by atoms with Gasteiger partial charge in [0.1, 0.15) is 0 Å². The Morgan fingerprint density at radius 1 is 1.89 bits per heavy atom. The average molecular weight is 126 g/mol. The summed E-state index contributed by atoms with van der Waals surface area (Å²) in [7, 11) is 0. The molecular formula is C7H10O2. The summed E-state index contributed by atoms with van der Waals surface area (Å²) < 4.78 is 0. The number of ketones is 1. The highest BCUT2D eigenvalue weighted by Crippen LogP contribution is 2.21. The van der Waals surface area contributed by atoms with Gasteiger partial charge in [0.15, 0.2) is 5.78 Å². The van der Waals surface area contributed by atoms with E-state index in [2.05, 4.69) is 0 Å². The molecular weight excluding hydrogens is 116 g/mol. The molecule has 0 heterocycles. The number of rotatable bonds is 1. The summed E-state index contributed by atoms with van der Waals surface area (Å²) >= 11 is 0. The standard InChI is InChI=1S/C7H10O2/c1-5-2-7(9)3-6(5)4-8/h2,6,8H,3-4H2,1H3/t6-/m0/s1. The molecule has 2 heteroatoms. The first-order valence-corrected chi connectivity index (χ1v) is 3.06. The second-order valence-electron chi connectivity index (χ2n) is 2.44. The second-order valence-corrected chi connectivity index (χ2v) is 2.44. The topological polar surface area (TPSA) is 37.3 Å². The van der Waals surface area contributed by atoms with Gasteiger partial charge in [-0.1, -0.05) is 5.57 Å². The molecule has 50 valence electrons. The van der Waals surface area contributed by atoms with Gasteiger partial charge in [-0.25, -0.2) is 0 Å². The SMILES string of the molecule is CC1=CC(=O)C[C@H]1CO. The Morgan fingerprint density at radius 3 is 2.78 bits per heavy atom. The van der Waals surface area contributed by atoms with Crippen LogP contribution < -0.4 is 0 Å². The van der Waals surface area contributed by atoms with Gasteiger partial charge in [0.25, 0.3) is 0 Å². The van der Waals surface area contributed by atoms with Gasteiger partial charge in [0, 0.05) is 12.3 Å². The minimum atomic E-state index is 0.105. The largest absolute Gasteiger partial charge is 0.396 e. The molecule has 0 aromatic rings. The van der Waals surface area contributed by atoms with Crippen LogP contribution in [-0.2, 0) is 4.79 Å². The summed E-state index contributed by atoms with van der Waals surface area (Å²) in [4.78, 5) is 10.6. The van der Waals surface area contributed by atoms with Crippen LogP contribution in [0.2, 0.25) is 0 Å². The summed E-state index contributed by atoms with van der Waals surface area (Å²) in [6.45, 7) is 1.99. The normalized spacial score (nSPS) is 26.7. The molecule has 1 aliphatic carbocycles. The van der Waals surface area contributed by atoms with Crippen molar-refractivity contribution in [2.45, 2.75) is 13.3 Å². The van der Waals surface area contributed by atoms with Gasteiger partial charge < -0.3 is 5.11 Å². The summed E-state index contributed by atoms with van der Waals surface area (Å²) in [5.41, 5.74) is 1.02. The summed E-state index contributed by atoms with van der Waals surface area (Å²) in [6, 6.07) is 0. The van der Waals surface area contributed by atoms with Crippen LogP contribution in [0, 0.1) is 5.92 Å². The first-order chi connectivity index (χ1) is 4.24. The number of hydrogen-bond donors (Lipinski definition) is 1. The zero-order valence-electron chi connectivity index (χ0n) is 5.42. The smallest absolute Gasteiger partial charge is 0.156 e. The van der Waals surface area contributed by atoms with Crippen molar-refractivity contribution in [3.8, 4) is 0 Å². The summed E-state index contributed by atoms with van der Waals surface area (Å²) in [6.07, 6.45) is 2.11. The highest BCUT2D eigenvalue weighted by atomic mass is 16.3. The van der Waals surface area contributed by atoms with E-state index < -0.39 is 0 Å². The van der Waals surface area contributed by atoms with E-state index in [-0.39, 0.29) is 18.3 Å². The molecule has 0 aliphatic heterocycles. The van der Waals surface area contributed by atoms with Gasteiger partial charge in [0.05, 0.1) is 6.61 Å². The molecule has 0 bridgehead atoms.